The second-order valence-corrected chi connectivity index (χ2v) is 12.9. The fourth-order valence-electron chi connectivity index (χ4n) is 8.66. The molecule has 36 heavy (non-hydrogen) atoms. The molecule has 0 radical (unpaired) electrons. The quantitative estimate of drug-likeness (QED) is 0.275. The van der Waals surface area contributed by atoms with Crippen LogP contribution in [0.4, 0.5) is 0 Å². The van der Waals surface area contributed by atoms with E-state index in [9.17, 15) is 35.4 Å². The van der Waals surface area contributed by atoms with Gasteiger partial charge >= 0.3 is 5.97 Å². The van der Waals surface area contributed by atoms with Gasteiger partial charge in [-0.25, -0.2) is 0 Å². The van der Waals surface area contributed by atoms with Crippen LogP contribution in [0.3, 0.4) is 0 Å². The third kappa shape index (κ3) is 3.49. The van der Waals surface area contributed by atoms with Gasteiger partial charge in [-0.2, -0.15) is 0 Å². The lowest BCUT2D eigenvalue weighted by atomic mass is 9.42. The average molecular weight is 515 g/mol. The lowest BCUT2D eigenvalue weighted by molar-refractivity contribution is -0.302. The van der Waals surface area contributed by atoms with Gasteiger partial charge in [-0.1, -0.05) is 20.3 Å². The molecule has 3 aliphatic carbocycles. The molecule has 0 bridgehead atoms. The first kappa shape index (κ1) is 26.7. The lowest BCUT2D eigenvalue weighted by Crippen LogP contribution is -2.64. The number of rotatable bonds is 6. The highest BCUT2D eigenvalue weighted by Crippen LogP contribution is 2.78. The fraction of sp³-hybridized carbons (Fsp3) is 0.962. The Bertz CT molecular complexity index is 883. The summed E-state index contributed by atoms with van der Waals surface area (Å²) in [4.78, 5) is 12.3. The number of aliphatic hydroxyl groups is 5. The summed E-state index contributed by atoms with van der Waals surface area (Å²) in [6.07, 6.45) is -1.72. The zero-order chi connectivity index (χ0) is 26.3. The first-order chi connectivity index (χ1) is 16.8. The SMILES string of the molecule is C[C@@]1(CCO[C@H]2O[C@@H](CO)[C@H](O)[C@@H](O)[C@@H]2O)CC[C@@]23O[C@@]2(C1)[C@H](O)C[C@H]1[C@]3(C)CCC[C@]1(C)C(=O)O. The van der Waals surface area contributed by atoms with Gasteiger partial charge in [0.15, 0.2) is 6.29 Å². The highest BCUT2D eigenvalue weighted by atomic mass is 16.7. The Labute approximate surface area is 211 Å². The summed E-state index contributed by atoms with van der Waals surface area (Å²) in [6, 6.07) is 0. The van der Waals surface area contributed by atoms with Gasteiger partial charge in [0, 0.05) is 5.41 Å². The Hall–Kier alpha value is -0.850. The smallest absolute Gasteiger partial charge is 0.309 e. The largest absolute Gasteiger partial charge is 0.481 e. The number of aliphatic carboxylic acids is 1. The lowest BCUT2D eigenvalue weighted by Gasteiger charge is -2.59. The molecule has 2 saturated heterocycles. The number of carboxylic acid groups (broad SMARTS) is 1. The molecule has 0 aromatic carbocycles. The molecule has 5 fully saturated rings. The van der Waals surface area contributed by atoms with E-state index >= 15 is 0 Å². The van der Waals surface area contributed by atoms with Gasteiger partial charge in [0.25, 0.3) is 0 Å². The van der Waals surface area contributed by atoms with Crippen molar-refractivity contribution in [3.8, 4) is 0 Å². The maximum Gasteiger partial charge on any atom is 0.309 e. The molecule has 0 spiro atoms. The van der Waals surface area contributed by atoms with Gasteiger partial charge in [0.05, 0.1) is 24.7 Å². The minimum Gasteiger partial charge on any atom is -0.481 e. The summed E-state index contributed by atoms with van der Waals surface area (Å²) in [6.45, 7) is 5.85. The van der Waals surface area contributed by atoms with E-state index in [1.165, 1.54) is 0 Å². The van der Waals surface area contributed by atoms with E-state index in [0.29, 0.717) is 25.7 Å². The van der Waals surface area contributed by atoms with Crippen LogP contribution in [-0.2, 0) is 19.0 Å². The standard InChI is InChI=1S/C26H42O10/c1-22(9-10-34-20-19(31)18(30)17(29)14(12-27)35-20)7-8-26-24(3)6-4-5-23(2,21(32)33)15(24)11-16(28)25(26,13-22)36-26/h14-20,27-31H,4-13H2,1-3H3,(H,32,33)/t14-,15+,16+,17-,18+,19-,20-,22-,23-,24-,25-,26-/m0/s1. The van der Waals surface area contributed by atoms with E-state index in [1.807, 2.05) is 6.92 Å². The summed E-state index contributed by atoms with van der Waals surface area (Å²) in [7, 11) is 0. The molecule has 0 amide bonds. The zero-order valence-corrected chi connectivity index (χ0v) is 21.4. The Morgan fingerprint density at radius 2 is 1.72 bits per heavy atom. The first-order valence-electron chi connectivity index (χ1n) is 13.3. The molecule has 206 valence electrons. The molecule has 6 N–H and O–H groups in total. The number of epoxide rings is 1. The van der Waals surface area contributed by atoms with Crippen LogP contribution >= 0.6 is 0 Å². The maximum absolute atomic E-state index is 12.3. The number of carbonyl (C=O) groups is 1. The molecule has 10 heteroatoms. The predicted molar refractivity (Wildman–Crippen MR) is 125 cm³/mol. The van der Waals surface area contributed by atoms with Crippen molar-refractivity contribution >= 4 is 5.97 Å². The van der Waals surface area contributed by atoms with Crippen LogP contribution in [0, 0.1) is 22.2 Å². The van der Waals surface area contributed by atoms with E-state index < -0.39 is 66.0 Å². The molecule has 3 saturated carbocycles. The average Bonchev–Trinajstić information content (AvgIpc) is 3.53. The minimum absolute atomic E-state index is 0.152. The Balaban J connectivity index is 1.28. The number of fused-ring (bicyclic) bond motifs is 1. The maximum atomic E-state index is 12.3. The zero-order valence-electron chi connectivity index (χ0n) is 21.4. The molecule has 0 aromatic heterocycles. The Kier molecular flexibility index (Phi) is 6.37. The van der Waals surface area contributed by atoms with Crippen LogP contribution in [0.25, 0.3) is 0 Å². The number of hydrogen-bond donors (Lipinski definition) is 6. The van der Waals surface area contributed by atoms with Crippen molar-refractivity contribution in [2.24, 2.45) is 22.2 Å². The second kappa shape index (κ2) is 8.58. The van der Waals surface area contributed by atoms with Crippen molar-refractivity contribution in [2.45, 2.75) is 120 Å². The summed E-state index contributed by atoms with van der Waals surface area (Å²) < 4.78 is 17.8. The van der Waals surface area contributed by atoms with E-state index in [4.69, 9.17) is 14.2 Å². The van der Waals surface area contributed by atoms with Gasteiger partial charge in [-0.15, -0.1) is 0 Å². The number of aliphatic hydroxyl groups excluding tert-OH is 5. The normalized spacial score (nSPS) is 56.3. The molecule has 5 rings (SSSR count). The third-order valence-electron chi connectivity index (χ3n) is 10.9. The highest BCUT2D eigenvalue weighted by Gasteiger charge is 2.86. The molecule has 2 heterocycles. The molecular formula is C26H42O10. The predicted octanol–water partition coefficient (Wildman–Crippen LogP) is 0.553. The van der Waals surface area contributed by atoms with Gasteiger partial charge in [-0.3, -0.25) is 4.79 Å². The van der Waals surface area contributed by atoms with E-state index in [1.54, 1.807) is 0 Å². The van der Waals surface area contributed by atoms with Crippen LogP contribution in [0.2, 0.25) is 0 Å². The van der Waals surface area contributed by atoms with Crippen molar-refractivity contribution in [1.29, 1.82) is 0 Å². The van der Waals surface area contributed by atoms with Crippen LogP contribution in [0.15, 0.2) is 0 Å². The summed E-state index contributed by atoms with van der Waals surface area (Å²) >= 11 is 0. The Morgan fingerprint density at radius 1 is 1.00 bits per heavy atom. The number of carboxylic acids is 1. The molecular weight excluding hydrogens is 472 g/mol. The van der Waals surface area contributed by atoms with Gasteiger partial charge in [0.1, 0.15) is 35.6 Å². The topological polar surface area (TPSA) is 169 Å². The minimum atomic E-state index is -1.48. The molecule has 0 aromatic rings. The summed E-state index contributed by atoms with van der Waals surface area (Å²) in [5.74, 6) is -0.943. The number of hydrogen-bond acceptors (Lipinski definition) is 9. The Morgan fingerprint density at radius 3 is 2.39 bits per heavy atom. The second-order valence-electron chi connectivity index (χ2n) is 12.9. The van der Waals surface area contributed by atoms with Crippen molar-refractivity contribution in [3.63, 3.8) is 0 Å². The number of ether oxygens (including phenoxy) is 3. The molecule has 5 aliphatic rings. The molecule has 0 unspecified atom stereocenters. The molecule has 10 nitrogen and oxygen atoms in total. The van der Waals surface area contributed by atoms with Crippen molar-refractivity contribution in [2.75, 3.05) is 13.2 Å². The van der Waals surface area contributed by atoms with Gasteiger partial charge in [0.2, 0.25) is 0 Å². The van der Waals surface area contributed by atoms with E-state index in [-0.39, 0.29) is 23.4 Å². The highest BCUT2D eigenvalue weighted by molar-refractivity contribution is 5.75. The summed E-state index contributed by atoms with van der Waals surface area (Å²) in [5, 5.41) is 61.1. The van der Waals surface area contributed by atoms with Crippen LogP contribution in [0.5, 0.6) is 0 Å². The fourth-order valence-corrected chi connectivity index (χ4v) is 8.66. The van der Waals surface area contributed by atoms with E-state index in [2.05, 4.69) is 13.8 Å². The third-order valence-corrected chi connectivity index (χ3v) is 10.9. The van der Waals surface area contributed by atoms with Crippen molar-refractivity contribution < 1.29 is 49.6 Å². The molecule has 12 atom stereocenters. The van der Waals surface area contributed by atoms with Crippen molar-refractivity contribution in [1.82, 2.24) is 0 Å². The van der Waals surface area contributed by atoms with Gasteiger partial charge in [-0.05, 0) is 63.2 Å². The van der Waals surface area contributed by atoms with Crippen LogP contribution < -0.4 is 0 Å². The first-order valence-corrected chi connectivity index (χ1v) is 13.3. The molecule has 2 aliphatic heterocycles. The van der Waals surface area contributed by atoms with Crippen molar-refractivity contribution in [3.05, 3.63) is 0 Å². The monoisotopic (exact) mass is 514 g/mol. The van der Waals surface area contributed by atoms with Crippen LogP contribution in [-0.4, -0.2) is 97.8 Å². The van der Waals surface area contributed by atoms with E-state index in [0.717, 1.165) is 25.7 Å². The summed E-state index contributed by atoms with van der Waals surface area (Å²) in [5.41, 5.74) is -2.61. The van der Waals surface area contributed by atoms with Crippen LogP contribution in [0.1, 0.15) is 72.1 Å². The van der Waals surface area contributed by atoms with Gasteiger partial charge < -0.3 is 44.8 Å².